The summed E-state index contributed by atoms with van der Waals surface area (Å²) in [7, 11) is -2.54. The number of carbonyl (C=O) groups is 3. The number of amides is 2. The molecule has 2 N–H and O–H groups in total. The van der Waals surface area contributed by atoms with Crippen LogP contribution in [-0.2, 0) is 23.3 Å². The minimum Gasteiger partial charge on any atom is -0.479 e. The lowest BCUT2D eigenvalue weighted by molar-refractivity contribution is -0.155. The van der Waals surface area contributed by atoms with E-state index in [4.69, 9.17) is 5.11 Å². The van der Waals surface area contributed by atoms with Crippen molar-refractivity contribution >= 4 is 37.4 Å². The van der Waals surface area contributed by atoms with E-state index in [1.165, 1.54) is 0 Å². The van der Waals surface area contributed by atoms with Gasteiger partial charge in [0.1, 0.15) is 0 Å². The first-order valence-corrected chi connectivity index (χ1v) is 8.77. The summed E-state index contributed by atoms with van der Waals surface area (Å²) in [5.74, 6) is -2.31. The van der Waals surface area contributed by atoms with Gasteiger partial charge < -0.3 is 5.11 Å². The Kier molecular flexibility index (Phi) is 5.32. The number of imide groups is 1. The second kappa shape index (κ2) is 6.35. The largest absolute Gasteiger partial charge is 0.479 e. The van der Waals surface area contributed by atoms with Gasteiger partial charge in [-0.3, -0.25) is 19.8 Å². The van der Waals surface area contributed by atoms with Crippen molar-refractivity contribution in [3.8, 4) is 0 Å². The second-order valence-electron chi connectivity index (χ2n) is 3.88. The lowest BCUT2D eigenvalue weighted by Crippen LogP contribution is -2.53. The molecule has 1 saturated heterocycles. The van der Waals surface area contributed by atoms with Crippen LogP contribution in [0.15, 0.2) is 0 Å². The minimum atomic E-state index is -3.20. The smallest absolute Gasteiger partial charge is 0.342 e. The Labute approximate surface area is 113 Å². The zero-order valence-electron chi connectivity index (χ0n) is 10.2. The van der Waals surface area contributed by atoms with E-state index in [9.17, 15) is 22.8 Å². The first kappa shape index (κ1) is 15.9. The normalized spacial score (nSPS) is 17.8. The van der Waals surface area contributed by atoms with Crippen molar-refractivity contribution in [1.29, 1.82) is 0 Å². The Hall–Kier alpha value is -1.13. The predicted molar refractivity (Wildman–Crippen MR) is 67.8 cm³/mol. The van der Waals surface area contributed by atoms with E-state index in [1.807, 2.05) is 0 Å². The molecule has 1 aliphatic rings. The Morgan fingerprint density at radius 3 is 2.37 bits per heavy atom. The lowest BCUT2D eigenvalue weighted by Gasteiger charge is -2.23. The highest BCUT2D eigenvalue weighted by Gasteiger charge is 2.38. The van der Waals surface area contributed by atoms with Crippen molar-refractivity contribution in [2.24, 2.45) is 0 Å². The van der Waals surface area contributed by atoms with E-state index in [-0.39, 0.29) is 25.1 Å². The van der Waals surface area contributed by atoms with Crippen LogP contribution in [0.5, 0.6) is 0 Å². The van der Waals surface area contributed by atoms with E-state index in [0.29, 0.717) is 15.7 Å². The molecule has 1 aliphatic heterocycles. The minimum absolute atomic E-state index is 0.00236. The van der Waals surface area contributed by atoms with Crippen molar-refractivity contribution in [2.45, 2.75) is 19.0 Å². The van der Waals surface area contributed by atoms with Crippen LogP contribution in [-0.4, -0.2) is 60.9 Å². The number of carboxylic acid groups (broad SMARTS) is 1. The van der Waals surface area contributed by atoms with Gasteiger partial charge in [0.2, 0.25) is 11.8 Å². The number of carboxylic acids is 1. The van der Waals surface area contributed by atoms with Crippen LogP contribution in [0.1, 0.15) is 12.8 Å². The molecule has 108 valence electrons. The first-order valence-electron chi connectivity index (χ1n) is 5.38. The molecule has 1 unspecified atom stereocenters. The van der Waals surface area contributed by atoms with Gasteiger partial charge >= 0.3 is 5.97 Å². The summed E-state index contributed by atoms with van der Waals surface area (Å²) in [6.45, 7) is 0.0474. The van der Waals surface area contributed by atoms with Crippen LogP contribution >= 0.6 is 10.8 Å². The molecule has 1 heterocycles. The number of likely N-dealkylation sites (tertiary alicyclic amines) is 1. The monoisotopic (exact) mass is 310 g/mol. The molecule has 10 heteroatoms. The van der Waals surface area contributed by atoms with Crippen molar-refractivity contribution < 1.29 is 27.9 Å². The number of nitrogens with one attached hydrogen (secondary N) is 1. The van der Waals surface area contributed by atoms with Crippen LogP contribution in [0.3, 0.4) is 0 Å². The lowest BCUT2D eigenvalue weighted by atomic mass is 10.4. The summed E-state index contributed by atoms with van der Waals surface area (Å²) in [6, 6.07) is 0. The molecular weight excluding hydrogens is 296 g/mol. The van der Waals surface area contributed by atoms with E-state index in [0.717, 1.165) is 6.26 Å². The highest BCUT2D eigenvalue weighted by atomic mass is 33.1. The molecule has 0 bridgehead atoms. The molecule has 0 aromatic rings. The molecule has 8 nitrogen and oxygen atoms in total. The highest BCUT2D eigenvalue weighted by Crippen LogP contribution is 2.15. The topological polar surface area (TPSA) is 121 Å². The van der Waals surface area contributed by atoms with Gasteiger partial charge in [0.05, 0.1) is 0 Å². The summed E-state index contributed by atoms with van der Waals surface area (Å²) < 4.78 is 21.7. The molecule has 1 fully saturated rings. The van der Waals surface area contributed by atoms with Crippen molar-refractivity contribution in [1.82, 2.24) is 10.2 Å². The average molecular weight is 310 g/mol. The summed E-state index contributed by atoms with van der Waals surface area (Å²) in [4.78, 5) is 34.6. The quantitative estimate of drug-likeness (QED) is 0.343. The molecule has 0 radical (unpaired) electrons. The molecule has 0 aliphatic carbocycles. The predicted octanol–water partition coefficient (Wildman–Crippen LogP) is -1.17. The Morgan fingerprint density at radius 1 is 1.42 bits per heavy atom. The Bertz CT molecular complexity index is 473. The zero-order valence-corrected chi connectivity index (χ0v) is 11.8. The fourth-order valence-electron chi connectivity index (χ4n) is 1.56. The van der Waals surface area contributed by atoms with Crippen LogP contribution < -0.4 is 5.32 Å². The number of rotatable bonds is 7. The molecule has 0 spiro atoms. The second-order valence-corrected chi connectivity index (χ2v) is 8.45. The van der Waals surface area contributed by atoms with Gasteiger partial charge in [0, 0.05) is 31.4 Å². The van der Waals surface area contributed by atoms with Crippen LogP contribution in [0.2, 0.25) is 0 Å². The summed E-state index contributed by atoms with van der Waals surface area (Å²) in [5, 5.41) is 11.5. The van der Waals surface area contributed by atoms with Gasteiger partial charge in [-0.1, -0.05) is 0 Å². The Balaban J connectivity index is 2.57. The molecule has 2 amide bonds. The maximum absolute atomic E-state index is 11.4. The molecule has 19 heavy (non-hydrogen) atoms. The summed E-state index contributed by atoms with van der Waals surface area (Å²) in [6.07, 6.45) is -0.396. The Morgan fingerprint density at radius 2 is 1.95 bits per heavy atom. The maximum Gasteiger partial charge on any atom is 0.342 e. The molecule has 1 rings (SSSR count). The molecule has 0 aromatic heterocycles. The number of hydrogen-bond acceptors (Lipinski definition) is 7. The summed E-state index contributed by atoms with van der Waals surface area (Å²) in [5.41, 5.74) is 0. The third kappa shape index (κ3) is 4.80. The standard InChI is InChI=1S/C9H14N2O6S2/c1-19(16,17)18-5-4-10-8(9(14)15)11-6(12)2-3-7(11)13/h8,10H,2-5H2,1H3,(H,14,15). The van der Waals surface area contributed by atoms with Gasteiger partial charge in [-0.15, -0.1) is 0 Å². The number of hydrogen-bond donors (Lipinski definition) is 2. The highest BCUT2D eigenvalue weighted by molar-refractivity contribution is 8.71. The van der Waals surface area contributed by atoms with Crippen LogP contribution in [0, 0.1) is 0 Å². The van der Waals surface area contributed by atoms with Crippen LogP contribution in [0.25, 0.3) is 0 Å². The molecular formula is C9H14N2O6S2. The van der Waals surface area contributed by atoms with Crippen molar-refractivity contribution in [3.05, 3.63) is 0 Å². The summed E-state index contributed by atoms with van der Waals surface area (Å²) >= 11 is 0. The van der Waals surface area contributed by atoms with Gasteiger partial charge in [-0.05, 0) is 10.8 Å². The molecule has 1 atom stereocenters. The molecule has 0 aromatic carbocycles. The average Bonchev–Trinajstić information content (AvgIpc) is 2.58. The third-order valence-corrected chi connectivity index (χ3v) is 4.90. The van der Waals surface area contributed by atoms with Crippen molar-refractivity contribution in [2.75, 3.05) is 18.6 Å². The van der Waals surface area contributed by atoms with Crippen LogP contribution in [0.4, 0.5) is 0 Å². The third-order valence-electron chi connectivity index (χ3n) is 2.32. The van der Waals surface area contributed by atoms with E-state index < -0.39 is 32.8 Å². The van der Waals surface area contributed by atoms with Gasteiger partial charge in [0.25, 0.3) is 0 Å². The number of aliphatic carboxylic acids is 1. The van der Waals surface area contributed by atoms with E-state index >= 15 is 0 Å². The van der Waals surface area contributed by atoms with E-state index in [2.05, 4.69) is 5.32 Å². The zero-order chi connectivity index (χ0) is 14.6. The maximum atomic E-state index is 11.4. The SMILES string of the molecule is CS(=O)(=O)SCCNC(C(=O)O)N1C(=O)CCC1=O. The van der Waals surface area contributed by atoms with Crippen molar-refractivity contribution in [3.63, 3.8) is 0 Å². The fourth-order valence-corrected chi connectivity index (χ4v) is 3.22. The van der Waals surface area contributed by atoms with Gasteiger partial charge in [0.15, 0.2) is 15.0 Å². The number of carbonyl (C=O) groups excluding carboxylic acids is 2. The van der Waals surface area contributed by atoms with Gasteiger partial charge in [-0.2, -0.15) is 0 Å². The fraction of sp³-hybridized carbons (Fsp3) is 0.667. The first-order chi connectivity index (χ1) is 8.72. The number of nitrogens with zero attached hydrogens (tertiary/aromatic N) is 1. The van der Waals surface area contributed by atoms with E-state index in [1.54, 1.807) is 0 Å². The molecule has 0 saturated carbocycles. The van der Waals surface area contributed by atoms with Gasteiger partial charge in [-0.25, -0.2) is 13.2 Å².